The van der Waals surface area contributed by atoms with Crippen LogP contribution in [0.5, 0.6) is 11.5 Å². The summed E-state index contributed by atoms with van der Waals surface area (Å²) < 4.78 is 86.6. The fourth-order valence-electron chi connectivity index (χ4n) is 7.92. The summed E-state index contributed by atoms with van der Waals surface area (Å²) in [5.74, 6) is -4.70. The van der Waals surface area contributed by atoms with Gasteiger partial charge in [0.05, 0.1) is 24.6 Å². The van der Waals surface area contributed by atoms with E-state index in [1.54, 1.807) is 43.5 Å². The topological polar surface area (TPSA) is 186 Å². The molecule has 5 atom stereocenters. The summed E-state index contributed by atoms with van der Waals surface area (Å²) in [4.78, 5) is 60.7. The van der Waals surface area contributed by atoms with Gasteiger partial charge in [-0.15, -0.1) is 0 Å². The number of ether oxygens (including phenoxy) is 2. The monoisotopic (exact) mass is 837 g/mol. The van der Waals surface area contributed by atoms with Crippen LogP contribution in [0.25, 0.3) is 33.3 Å². The number of pyridine rings is 1. The Kier molecular flexibility index (Phi) is 10.6. The molecular formula is C41H42F3N5O9S. The molecule has 2 aromatic heterocycles. The third-order valence-corrected chi connectivity index (χ3v) is 13.2. The molecule has 14 nitrogen and oxygen atoms in total. The van der Waals surface area contributed by atoms with E-state index in [9.17, 15) is 40.8 Å². The van der Waals surface area contributed by atoms with Crippen molar-refractivity contribution >= 4 is 55.7 Å². The lowest BCUT2D eigenvalue weighted by Gasteiger charge is -2.30. The largest absolute Gasteiger partial charge is 0.497 e. The second-order valence-corrected chi connectivity index (χ2v) is 17.5. The number of alkyl halides is 3. The molecule has 2 aliphatic heterocycles. The summed E-state index contributed by atoms with van der Waals surface area (Å²) in [6.07, 6.45) is -0.197. The smallest absolute Gasteiger partial charge is 0.471 e. The zero-order chi connectivity index (χ0) is 41.7. The molecule has 4 heterocycles. The standard InChI is InChI=1S/C41H42F3N5O9S/c1-56-25-15-13-23(14-16-25)30-20-33(35-34(45-30)28-10-7-8-12-32(28)58-35)57-26-19-31-36(50)47-40(38(52)48-59(54,55)27-17-18-27)21-24(40)9-5-3-2-4-6-11-29(37(51)49(31)22-26)46-39(53)41(42,43)44/h5,7-10,12-16,20,24,26-27,29,31H,2-4,6,11,17-19,21-22H2,1H3,(H,46,53)(H,47,50)(H,48,52)/t24-,26-,29+,31+,40-/m1/s1. The molecule has 0 bridgehead atoms. The lowest BCUT2D eigenvalue weighted by atomic mass is 10.0. The van der Waals surface area contributed by atoms with E-state index < -0.39 is 74.7 Å². The van der Waals surface area contributed by atoms with Gasteiger partial charge >= 0.3 is 12.1 Å². The number of allylic oxidation sites excluding steroid dienone is 1. The number of methoxy groups -OCH3 is 1. The van der Waals surface area contributed by atoms with Crippen molar-refractivity contribution in [3.05, 3.63) is 66.7 Å². The van der Waals surface area contributed by atoms with E-state index in [2.05, 4.69) is 10.0 Å². The van der Waals surface area contributed by atoms with Crippen LogP contribution in [0.2, 0.25) is 0 Å². The van der Waals surface area contributed by atoms with Gasteiger partial charge in [-0.3, -0.25) is 23.9 Å². The lowest BCUT2D eigenvalue weighted by molar-refractivity contribution is -0.175. The fourth-order valence-corrected chi connectivity index (χ4v) is 9.28. The summed E-state index contributed by atoms with van der Waals surface area (Å²) in [5.41, 5.74) is 0.817. The van der Waals surface area contributed by atoms with E-state index in [0.29, 0.717) is 65.6 Å². The van der Waals surface area contributed by atoms with Crippen LogP contribution in [0.1, 0.15) is 57.8 Å². The zero-order valence-electron chi connectivity index (χ0n) is 31.9. The molecular weight excluding hydrogens is 796 g/mol. The van der Waals surface area contributed by atoms with E-state index in [-0.39, 0.29) is 43.6 Å². The molecule has 312 valence electrons. The molecule has 4 amide bonds. The summed E-state index contributed by atoms with van der Waals surface area (Å²) in [6.45, 7) is -0.296. The quantitative estimate of drug-likeness (QED) is 0.203. The minimum absolute atomic E-state index is 0.0846. The highest BCUT2D eigenvalue weighted by molar-refractivity contribution is 7.91. The fraction of sp³-hybridized carbons (Fsp3) is 0.439. The highest BCUT2D eigenvalue weighted by Gasteiger charge is 2.62. The number of halogens is 3. The second-order valence-electron chi connectivity index (χ2n) is 15.5. The number of carbonyl (C=O) groups excluding carboxylic acids is 4. The van der Waals surface area contributed by atoms with Crippen molar-refractivity contribution in [3.63, 3.8) is 0 Å². The second kappa shape index (κ2) is 15.5. The van der Waals surface area contributed by atoms with Gasteiger partial charge in [0.15, 0.2) is 11.3 Å². The third kappa shape index (κ3) is 8.18. The van der Waals surface area contributed by atoms with Gasteiger partial charge in [0, 0.05) is 29.4 Å². The summed E-state index contributed by atoms with van der Waals surface area (Å²) in [7, 11) is -2.45. The number of nitrogens with zero attached hydrogens (tertiary/aromatic N) is 2. The number of hydrogen-bond donors (Lipinski definition) is 3. The van der Waals surface area contributed by atoms with Crippen molar-refractivity contribution < 1.29 is 54.7 Å². The van der Waals surface area contributed by atoms with E-state index in [0.717, 1.165) is 4.90 Å². The lowest BCUT2D eigenvalue weighted by Crippen LogP contribution is -2.58. The highest BCUT2D eigenvalue weighted by atomic mass is 32.2. The molecule has 8 rings (SSSR count). The molecule has 2 aliphatic carbocycles. The van der Waals surface area contributed by atoms with Crippen LogP contribution >= 0.6 is 0 Å². The van der Waals surface area contributed by atoms with Gasteiger partial charge in [0.1, 0.15) is 40.6 Å². The van der Waals surface area contributed by atoms with Crippen LogP contribution in [-0.4, -0.2) is 90.7 Å². The van der Waals surface area contributed by atoms with E-state index in [1.807, 2.05) is 35.7 Å². The number of fused-ring (bicyclic) bond motifs is 5. The number of aromatic nitrogens is 1. The predicted octanol–water partition coefficient (Wildman–Crippen LogP) is 5.06. The number of nitrogens with one attached hydrogen (secondary N) is 3. The zero-order valence-corrected chi connectivity index (χ0v) is 32.7. The Balaban J connectivity index is 1.15. The van der Waals surface area contributed by atoms with E-state index in [4.69, 9.17) is 18.9 Å². The molecule has 4 aromatic rings. The van der Waals surface area contributed by atoms with Crippen LogP contribution in [0.4, 0.5) is 13.2 Å². The van der Waals surface area contributed by atoms with E-state index >= 15 is 0 Å². The number of furan rings is 1. The van der Waals surface area contributed by atoms with Crippen LogP contribution < -0.4 is 24.8 Å². The summed E-state index contributed by atoms with van der Waals surface area (Å²) >= 11 is 0. The first-order valence-corrected chi connectivity index (χ1v) is 21.1. The number of rotatable bonds is 8. The molecule has 18 heteroatoms. The van der Waals surface area contributed by atoms with Gasteiger partial charge in [-0.25, -0.2) is 13.4 Å². The molecule has 2 aromatic carbocycles. The average molecular weight is 838 g/mol. The highest BCUT2D eigenvalue weighted by Crippen LogP contribution is 2.46. The maximum atomic E-state index is 14.4. The Morgan fingerprint density at radius 3 is 2.53 bits per heavy atom. The predicted molar refractivity (Wildman–Crippen MR) is 207 cm³/mol. The molecule has 1 saturated heterocycles. The SMILES string of the molecule is COc1ccc(-c2cc(O[C@@H]3C[C@H]4C(=O)N[C@]5(C(=O)NS(=O)(=O)C6CC6)C[C@H]5C=CCCCCC[C@H](NC(=O)C(F)(F)F)C(=O)N4C3)c3oc4ccccc4c3n2)cc1. The Labute approximate surface area is 336 Å². The van der Waals surface area contributed by atoms with Gasteiger partial charge in [-0.05, 0) is 74.9 Å². The summed E-state index contributed by atoms with van der Waals surface area (Å²) in [5, 5.41) is 4.57. The Morgan fingerprint density at radius 1 is 1.03 bits per heavy atom. The number of carbonyl (C=O) groups is 4. The van der Waals surface area contributed by atoms with Crippen LogP contribution in [0, 0.1) is 5.92 Å². The van der Waals surface area contributed by atoms with Crippen LogP contribution in [-0.2, 0) is 29.2 Å². The first-order chi connectivity index (χ1) is 28.2. The van der Waals surface area contributed by atoms with Crippen molar-refractivity contribution in [1.82, 2.24) is 25.2 Å². The number of hydrogen-bond acceptors (Lipinski definition) is 10. The molecule has 2 saturated carbocycles. The Morgan fingerprint density at radius 2 is 1.80 bits per heavy atom. The first-order valence-electron chi connectivity index (χ1n) is 19.5. The molecule has 3 N–H and O–H groups in total. The van der Waals surface area contributed by atoms with Gasteiger partial charge in [-0.1, -0.05) is 37.1 Å². The maximum absolute atomic E-state index is 14.4. The maximum Gasteiger partial charge on any atom is 0.471 e. The molecule has 0 unspecified atom stereocenters. The van der Waals surface area contributed by atoms with Crippen molar-refractivity contribution in [3.8, 4) is 22.8 Å². The molecule has 0 spiro atoms. The number of amides is 4. The number of benzene rings is 2. The van der Waals surface area contributed by atoms with E-state index in [1.165, 1.54) is 0 Å². The van der Waals surface area contributed by atoms with Gasteiger partial charge in [-0.2, -0.15) is 13.2 Å². The average Bonchev–Trinajstić information content (AvgIpc) is 4.11. The molecule has 59 heavy (non-hydrogen) atoms. The van der Waals surface area contributed by atoms with Gasteiger partial charge < -0.3 is 29.4 Å². The van der Waals surface area contributed by atoms with Gasteiger partial charge in [0.25, 0.3) is 5.91 Å². The Hall–Kier alpha value is -5.65. The normalized spacial score (nSPS) is 25.3. The van der Waals surface area contributed by atoms with Crippen molar-refractivity contribution in [2.24, 2.45) is 5.92 Å². The summed E-state index contributed by atoms with van der Waals surface area (Å²) in [6, 6.07) is 13.0. The third-order valence-electron chi connectivity index (χ3n) is 11.4. The van der Waals surface area contributed by atoms with Crippen LogP contribution in [0.15, 0.2) is 71.2 Å². The van der Waals surface area contributed by atoms with Crippen molar-refractivity contribution in [2.75, 3.05) is 13.7 Å². The van der Waals surface area contributed by atoms with Crippen LogP contribution in [0.3, 0.4) is 0 Å². The first kappa shape index (κ1) is 40.1. The minimum atomic E-state index is -5.28. The number of sulfonamides is 1. The number of para-hydroxylation sites is 1. The molecule has 3 fully saturated rings. The molecule has 4 aliphatic rings. The Bertz CT molecular complexity index is 2450. The van der Waals surface area contributed by atoms with Crippen molar-refractivity contribution in [2.45, 2.75) is 92.9 Å². The molecule has 0 radical (unpaired) electrons. The van der Waals surface area contributed by atoms with Gasteiger partial charge in [0.2, 0.25) is 21.8 Å². The van der Waals surface area contributed by atoms with Crippen molar-refractivity contribution in [1.29, 1.82) is 0 Å². The minimum Gasteiger partial charge on any atom is -0.497 e.